The zero-order chi connectivity index (χ0) is 23.7. The summed E-state index contributed by atoms with van der Waals surface area (Å²) in [6.07, 6.45) is 3.34. The number of pyridine rings is 1. The first kappa shape index (κ1) is 21.5. The van der Waals surface area contributed by atoms with Crippen LogP contribution in [0.25, 0.3) is 38.6 Å². The van der Waals surface area contributed by atoms with Crippen molar-refractivity contribution in [1.29, 1.82) is 0 Å². The number of rotatable bonds is 5. The molecule has 0 saturated heterocycles. The van der Waals surface area contributed by atoms with Crippen molar-refractivity contribution in [2.75, 3.05) is 12.4 Å². The van der Waals surface area contributed by atoms with Crippen molar-refractivity contribution in [2.24, 2.45) is 0 Å². The molecule has 1 amide bonds. The maximum Gasteiger partial charge on any atom is 0.248 e. The number of hydrogen-bond donors (Lipinski definition) is 1. The second-order valence-electron chi connectivity index (χ2n) is 8.21. The first-order valence-corrected chi connectivity index (χ1v) is 11.0. The summed E-state index contributed by atoms with van der Waals surface area (Å²) in [4.78, 5) is 17.5. The summed E-state index contributed by atoms with van der Waals surface area (Å²) in [5.41, 5.74) is 6.91. The minimum absolute atomic E-state index is 0.219. The molecule has 0 aliphatic rings. The average molecular weight is 449 g/mol. The van der Waals surface area contributed by atoms with Crippen LogP contribution in [0.5, 0.6) is 5.75 Å². The second-order valence-corrected chi connectivity index (χ2v) is 8.21. The molecule has 34 heavy (non-hydrogen) atoms. The number of methoxy groups -OCH3 is 1. The molecule has 168 valence electrons. The zero-order valence-electron chi connectivity index (χ0n) is 19.3. The van der Waals surface area contributed by atoms with Crippen molar-refractivity contribution in [3.8, 4) is 16.9 Å². The Bertz CT molecular complexity index is 1550. The molecular weight excluding hydrogens is 424 g/mol. The molecule has 0 saturated carbocycles. The first-order valence-electron chi connectivity index (χ1n) is 11.0. The van der Waals surface area contributed by atoms with E-state index >= 15 is 0 Å². The molecule has 5 aromatic rings. The van der Waals surface area contributed by atoms with E-state index in [2.05, 4.69) is 10.3 Å². The van der Waals surface area contributed by atoms with Gasteiger partial charge >= 0.3 is 0 Å². The van der Waals surface area contributed by atoms with Crippen molar-refractivity contribution < 1.29 is 13.9 Å². The van der Waals surface area contributed by atoms with Crippen LogP contribution >= 0.6 is 0 Å². The Hall–Kier alpha value is -4.38. The number of nitrogens with zero attached hydrogens (tertiary/aromatic N) is 1. The number of aryl methyl sites for hydroxylation is 1. The third-order valence-corrected chi connectivity index (χ3v) is 5.88. The molecule has 0 spiro atoms. The van der Waals surface area contributed by atoms with Crippen molar-refractivity contribution in [3.63, 3.8) is 0 Å². The predicted octanol–water partition coefficient (Wildman–Crippen LogP) is 7.01. The smallest absolute Gasteiger partial charge is 0.248 e. The maximum absolute atomic E-state index is 12.9. The molecule has 3 aromatic carbocycles. The number of benzene rings is 3. The summed E-state index contributed by atoms with van der Waals surface area (Å²) in [5.74, 6) is 0.427. The quantitative estimate of drug-likeness (QED) is 0.294. The van der Waals surface area contributed by atoms with Crippen molar-refractivity contribution in [2.45, 2.75) is 13.8 Å². The van der Waals surface area contributed by atoms with E-state index in [-0.39, 0.29) is 5.91 Å². The lowest BCUT2D eigenvalue weighted by Gasteiger charge is -2.11. The Morgan fingerprint density at radius 3 is 2.62 bits per heavy atom. The molecule has 5 nitrogen and oxygen atoms in total. The Balaban J connectivity index is 1.50. The van der Waals surface area contributed by atoms with Gasteiger partial charge in [-0.1, -0.05) is 36.4 Å². The van der Waals surface area contributed by atoms with E-state index in [1.807, 2.05) is 86.6 Å². The summed E-state index contributed by atoms with van der Waals surface area (Å²) in [6, 6.07) is 23.6. The summed E-state index contributed by atoms with van der Waals surface area (Å²) >= 11 is 0. The Morgan fingerprint density at radius 2 is 1.82 bits per heavy atom. The fraction of sp³-hybridized carbons (Fsp3) is 0.103. The minimum atomic E-state index is -0.219. The zero-order valence-corrected chi connectivity index (χ0v) is 19.3. The number of amides is 1. The van der Waals surface area contributed by atoms with Crippen LogP contribution in [0.4, 0.5) is 5.69 Å². The Labute approximate surface area is 197 Å². The summed E-state index contributed by atoms with van der Waals surface area (Å²) in [6.45, 7) is 3.85. The lowest BCUT2D eigenvalue weighted by atomic mass is 9.99. The van der Waals surface area contributed by atoms with Crippen molar-refractivity contribution in [1.82, 2.24) is 4.98 Å². The molecule has 0 aliphatic heterocycles. The van der Waals surface area contributed by atoms with E-state index in [4.69, 9.17) is 9.15 Å². The fourth-order valence-electron chi connectivity index (χ4n) is 4.18. The maximum atomic E-state index is 12.9. The molecule has 5 rings (SSSR count). The highest BCUT2D eigenvalue weighted by molar-refractivity contribution is 6.09. The third kappa shape index (κ3) is 4.04. The lowest BCUT2D eigenvalue weighted by Crippen LogP contribution is -2.09. The standard InChI is InChI=1S/C29H24N2O3/c1-18(14-29(32)31-26-11-7-10-25-21(26)13-12-19(2)30-25)22-15-23-24(20-8-5-4-6-9-20)17-34-28(23)16-27(22)33-3/h4-17H,1-3H3,(H,31,32)/b18-14+. The number of hydrogen-bond acceptors (Lipinski definition) is 4. The lowest BCUT2D eigenvalue weighted by molar-refractivity contribution is -0.111. The van der Waals surface area contributed by atoms with Gasteiger partial charge in [-0.25, -0.2) is 0 Å². The Kier molecular flexibility index (Phi) is 5.60. The molecule has 0 unspecified atom stereocenters. The van der Waals surface area contributed by atoms with Gasteiger partial charge in [0.2, 0.25) is 5.91 Å². The molecule has 0 radical (unpaired) electrons. The number of anilines is 1. The van der Waals surface area contributed by atoms with Gasteiger partial charge < -0.3 is 14.5 Å². The number of allylic oxidation sites excluding steroid dienone is 1. The number of carbonyl (C=O) groups excluding carboxylic acids is 1. The van der Waals surface area contributed by atoms with Crippen LogP contribution in [0.15, 0.2) is 89.6 Å². The molecule has 2 heterocycles. The molecular formula is C29H24N2O3. The van der Waals surface area contributed by atoms with Crippen LogP contribution in [-0.2, 0) is 4.79 Å². The van der Waals surface area contributed by atoms with Gasteiger partial charge in [-0.15, -0.1) is 0 Å². The predicted molar refractivity (Wildman–Crippen MR) is 137 cm³/mol. The molecule has 0 atom stereocenters. The number of fused-ring (bicyclic) bond motifs is 2. The van der Waals surface area contributed by atoms with Gasteiger partial charge in [0.15, 0.2) is 0 Å². The van der Waals surface area contributed by atoms with Gasteiger partial charge in [-0.3, -0.25) is 9.78 Å². The van der Waals surface area contributed by atoms with Crippen LogP contribution in [0, 0.1) is 6.92 Å². The third-order valence-electron chi connectivity index (χ3n) is 5.88. The first-order chi connectivity index (χ1) is 16.5. The van der Waals surface area contributed by atoms with Crippen LogP contribution < -0.4 is 10.1 Å². The summed E-state index contributed by atoms with van der Waals surface area (Å²) in [7, 11) is 1.62. The van der Waals surface area contributed by atoms with E-state index in [9.17, 15) is 4.79 Å². The van der Waals surface area contributed by atoms with Crippen LogP contribution in [0.3, 0.4) is 0 Å². The monoisotopic (exact) mass is 448 g/mol. The highest BCUT2D eigenvalue weighted by atomic mass is 16.5. The summed E-state index contributed by atoms with van der Waals surface area (Å²) in [5, 5.41) is 4.86. The summed E-state index contributed by atoms with van der Waals surface area (Å²) < 4.78 is 11.4. The molecule has 1 N–H and O–H groups in total. The van der Waals surface area contributed by atoms with E-state index < -0.39 is 0 Å². The van der Waals surface area contributed by atoms with E-state index in [0.717, 1.165) is 55.5 Å². The topological polar surface area (TPSA) is 64.4 Å². The number of carbonyl (C=O) groups is 1. The van der Waals surface area contributed by atoms with Gasteiger partial charge in [-0.05, 0) is 55.3 Å². The van der Waals surface area contributed by atoms with Crippen molar-refractivity contribution >= 4 is 39.0 Å². The number of ether oxygens (including phenoxy) is 1. The molecule has 0 bridgehead atoms. The van der Waals surface area contributed by atoms with Gasteiger partial charge in [0, 0.05) is 39.7 Å². The van der Waals surface area contributed by atoms with Gasteiger partial charge in [-0.2, -0.15) is 0 Å². The number of furan rings is 1. The molecule has 2 aromatic heterocycles. The molecule has 5 heteroatoms. The second kappa shape index (κ2) is 8.87. The van der Waals surface area contributed by atoms with Crippen LogP contribution in [0.2, 0.25) is 0 Å². The van der Waals surface area contributed by atoms with E-state index in [1.54, 1.807) is 19.4 Å². The molecule has 0 aliphatic carbocycles. The number of aromatic nitrogens is 1. The van der Waals surface area contributed by atoms with Gasteiger partial charge in [0.1, 0.15) is 11.3 Å². The minimum Gasteiger partial charge on any atom is -0.496 e. The van der Waals surface area contributed by atoms with Gasteiger partial charge in [0.05, 0.1) is 24.6 Å². The largest absolute Gasteiger partial charge is 0.496 e. The van der Waals surface area contributed by atoms with E-state index in [1.165, 1.54) is 0 Å². The average Bonchev–Trinajstić information content (AvgIpc) is 3.26. The molecule has 0 fully saturated rings. The Morgan fingerprint density at radius 1 is 1.00 bits per heavy atom. The fourth-order valence-corrected chi connectivity index (χ4v) is 4.18. The van der Waals surface area contributed by atoms with Crippen molar-refractivity contribution in [3.05, 3.63) is 96.4 Å². The highest BCUT2D eigenvalue weighted by Gasteiger charge is 2.15. The SMILES string of the molecule is COc1cc2occ(-c3ccccc3)c2cc1/C(C)=C/C(=O)Nc1cccc2nc(C)ccc12. The normalized spacial score (nSPS) is 11.7. The van der Waals surface area contributed by atoms with Crippen LogP contribution in [-0.4, -0.2) is 18.0 Å². The highest BCUT2D eigenvalue weighted by Crippen LogP contribution is 2.37. The number of nitrogens with one attached hydrogen (secondary N) is 1. The van der Waals surface area contributed by atoms with E-state index in [0.29, 0.717) is 5.75 Å². The van der Waals surface area contributed by atoms with Crippen LogP contribution in [0.1, 0.15) is 18.2 Å². The van der Waals surface area contributed by atoms with Gasteiger partial charge in [0.25, 0.3) is 0 Å².